The van der Waals surface area contributed by atoms with Crippen LogP contribution in [0.5, 0.6) is 6.01 Å². The summed E-state index contributed by atoms with van der Waals surface area (Å²) in [5.41, 5.74) is 1.50. The van der Waals surface area contributed by atoms with Crippen LogP contribution in [0.15, 0.2) is 37.1 Å². The van der Waals surface area contributed by atoms with Crippen LogP contribution in [0, 0.1) is 0 Å². The number of pyridine rings is 1. The SMILES string of the molecule is C=CC(C)(CC)NC(=O)c1cc(N2CCC(c3[nH]nc4ncccc34)CC2)nc(OC[C@@H](C)O)n1. The molecule has 0 aliphatic carbocycles. The van der Waals surface area contributed by atoms with E-state index < -0.39 is 11.6 Å². The maximum absolute atomic E-state index is 13.0. The van der Waals surface area contributed by atoms with Gasteiger partial charge in [-0.25, -0.2) is 4.98 Å². The molecule has 10 nitrogen and oxygen atoms in total. The number of aromatic nitrogens is 5. The van der Waals surface area contributed by atoms with E-state index in [4.69, 9.17) is 4.74 Å². The number of hydrogen-bond donors (Lipinski definition) is 3. The van der Waals surface area contributed by atoms with Gasteiger partial charge in [0, 0.05) is 42.4 Å². The predicted molar refractivity (Wildman–Crippen MR) is 134 cm³/mol. The van der Waals surface area contributed by atoms with Crippen LogP contribution < -0.4 is 15.0 Å². The highest BCUT2D eigenvalue weighted by molar-refractivity contribution is 5.93. The summed E-state index contributed by atoms with van der Waals surface area (Å²) in [6.45, 7) is 10.9. The summed E-state index contributed by atoms with van der Waals surface area (Å²) in [6.07, 6.45) is 5.26. The molecule has 2 atom stereocenters. The number of fused-ring (bicyclic) bond motifs is 1. The van der Waals surface area contributed by atoms with Gasteiger partial charge in [0.15, 0.2) is 5.65 Å². The van der Waals surface area contributed by atoms with Gasteiger partial charge in [0.05, 0.1) is 11.6 Å². The van der Waals surface area contributed by atoms with Crippen molar-refractivity contribution < 1.29 is 14.6 Å². The summed E-state index contributed by atoms with van der Waals surface area (Å²) in [7, 11) is 0. The van der Waals surface area contributed by atoms with Gasteiger partial charge in [-0.3, -0.25) is 9.89 Å². The monoisotopic (exact) mass is 479 g/mol. The van der Waals surface area contributed by atoms with Gasteiger partial charge in [0.25, 0.3) is 5.91 Å². The number of rotatable bonds is 9. The first-order valence-corrected chi connectivity index (χ1v) is 12.0. The number of aliphatic hydroxyl groups is 1. The lowest BCUT2D eigenvalue weighted by Crippen LogP contribution is -2.44. The summed E-state index contributed by atoms with van der Waals surface area (Å²) in [5, 5.41) is 21.2. The van der Waals surface area contributed by atoms with Crippen molar-refractivity contribution in [3.63, 3.8) is 0 Å². The molecule has 35 heavy (non-hydrogen) atoms. The molecule has 3 N–H and O–H groups in total. The van der Waals surface area contributed by atoms with Crippen molar-refractivity contribution in [1.82, 2.24) is 30.5 Å². The molecule has 0 spiro atoms. The summed E-state index contributed by atoms with van der Waals surface area (Å²) in [6, 6.07) is 5.73. The molecule has 4 rings (SSSR count). The van der Waals surface area contributed by atoms with E-state index >= 15 is 0 Å². The third-order valence-corrected chi connectivity index (χ3v) is 6.55. The number of carbonyl (C=O) groups is 1. The van der Waals surface area contributed by atoms with Crippen LogP contribution in [0.4, 0.5) is 5.82 Å². The van der Waals surface area contributed by atoms with Crippen LogP contribution in [-0.4, -0.2) is 67.5 Å². The van der Waals surface area contributed by atoms with E-state index in [1.807, 2.05) is 26.0 Å². The minimum atomic E-state index is -0.682. The van der Waals surface area contributed by atoms with Crippen molar-refractivity contribution in [1.29, 1.82) is 0 Å². The fraction of sp³-hybridized carbons (Fsp3) is 0.480. The Balaban J connectivity index is 1.54. The summed E-state index contributed by atoms with van der Waals surface area (Å²) < 4.78 is 5.58. The zero-order chi connectivity index (χ0) is 25.0. The number of amides is 1. The smallest absolute Gasteiger partial charge is 0.319 e. The fourth-order valence-electron chi connectivity index (χ4n) is 4.14. The Morgan fingerprint density at radius 2 is 2.20 bits per heavy atom. The number of ether oxygens (including phenoxy) is 1. The molecular weight excluding hydrogens is 446 g/mol. The summed E-state index contributed by atoms with van der Waals surface area (Å²) >= 11 is 0. The van der Waals surface area contributed by atoms with Crippen LogP contribution in [0.2, 0.25) is 0 Å². The molecule has 1 unspecified atom stereocenters. The van der Waals surface area contributed by atoms with Crippen LogP contribution in [0.25, 0.3) is 11.0 Å². The largest absolute Gasteiger partial charge is 0.461 e. The van der Waals surface area contributed by atoms with Crippen molar-refractivity contribution in [2.45, 2.75) is 57.6 Å². The molecule has 1 aliphatic rings. The molecule has 10 heteroatoms. The van der Waals surface area contributed by atoms with Gasteiger partial charge in [0.2, 0.25) is 0 Å². The molecule has 0 radical (unpaired) electrons. The first-order valence-electron chi connectivity index (χ1n) is 12.0. The Kier molecular flexibility index (Phi) is 7.30. The quantitative estimate of drug-likeness (QED) is 0.400. The number of piperidine rings is 1. The van der Waals surface area contributed by atoms with E-state index in [1.165, 1.54) is 0 Å². The van der Waals surface area contributed by atoms with E-state index in [1.54, 1.807) is 25.3 Å². The third kappa shape index (κ3) is 5.59. The molecule has 4 heterocycles. The van der Waals surface area contributed by atoms with Gasteiger partial charge in [0.1, 0.15) is 18.1 Å². The predicted octanol–water partition coefficient (Wildman–Crippen LogP) is 2.98. The molecule has 3 aromatic heterocycles. The van der Waals surface area contributed by atoms with Gasteiger partial charge in [-0.1, -0.05) is 13.0 Å². The molecule has 186 valence electrons. The van der Waals surface area contributed by atoms with Crippen molar-refractivity contribution >= 4 is 22.8 Å². The second kappa shape index (κ2) is 10.4. The van der Waals surface area contributed by atoms with Crippen LogP contribution in [0.3, 0.4) is 0 Å². The first kappa shape index (κ1) is 24.6. The van der Waals surface area contributed by atoms with Crippen molar-refractivity contribution in [3.8, 4) is 6.01 Å². The topological polar surface area (TPSA) is 129 Å². The Bertz CT molecular complexity index is 1190. The van der Waals surface area contributed by atoms with E-state index in [9.17, 15) is 9.90 Å². The minimum absolute atomic E-state index is 0.0346. The molecule has 0 aromatic carbocycles. The van der Waals surface area contributed by atoms with Crippen LogP contribution >= 0.6 is 0 Å². The molecule has 1 fully saturated rings. The average Bonchev–Trinajstić information content (AvgIpc) is 3.31. The Labute approximate surface area is 204 Å². The van der Waals surface area contributed by atoms with Crippen molar-refractivity contribution in [2.75, 3.05) is 24.6 Å². The molecule has 1 saturated heterocycles. The maximum atomic E-state index is 13.0. The molecule has 0 saturated carbocycles. The Morgan fingerprint density at radius 1 is 1.43 bits per heavy atom. The number of carbonyl (C=O) groups excluding carboxylic acids is 1. The van der Waals surface area contributed by atoms with Crippen LogP contribution in [0.1, 0.15) is 62.1 Å². The maximum Gasteiger partial charge on any atom is 0.319 e. The summed E-state index contributed by atoms with van der Waals surface area (Å²) in [4.78, 5) is 28.3. The molecule has 3 aromatic rings. The van der Waals surface area contributed by atoms with E-state index in [-0.39, 0.29) is 24.2 Å². The normalized spacial score (nSPS) is 17.1. The lowest BCUT2D eigenvalue weighted by molar-refractivity contribution is 0.0911. The second-order valence-electron chi connectivity index (χ2n) is 9.26. The lowest BCUT2D eigenvalue weighted by Gasteiger charge is -2.32. The van der Waals surface area contributed by atoms with Gasteiger partial charge in [-0.2, -0.15) is 15.1 Å². The molecule has 1 aliphatic heterocycles. The highest BCUT2D eigenvalue weighted by Crippen LogP contribution is 2.32. The number of aromatic amines is 1. The zero-order valence-electron chi connectivity index (χ0n) is 20.5. The second-order valence-corrected chi connectivity index (χ2v) is 9.26. The molecule has 0 bridgehead atoms. The Hall–Kier alpha value is -3.53. The van der Waals surface area contributed by atoms with E-state index in [0.29, 0.717) is 18.2 Å². The van der Waals surface area contributed by atoms with E-state index in [0.717, 1.165) is 42.7 Å². The number of anilines is 1. The Morgan fingerprint density at radius 3 is 2.89 bits per heavy atom. The van der Waals surface area contributed by atoms with Crippen molar-refractivity contribution in [3.05, 3.63) is 48.4 Å². The van der Waals surface area contributed by atoms with Gasteiger partial charge >= 0.3 is 6.01 Å². The summed E-state index contributed by atoms with van der Waals surface area (Å²) in [5.74, 6) is 0.622. The zero-order valence-corrected chi connectivity index (χ0v) is 20.5. The average molecular weight is 480 g/mol. The van der Waals surface area contributed by atoms with Crippen molar-refractivity contribution in [2.24, 2.45) is 0 Å². The number of hydrogen-bond acceptors (Lipinski definition) is 8. The standard InChI is InChI=1S/C25H33N7O3/c1-5-25(4,6-2)29-23(34)19-14-20(28-24(27-19)35-15-16(3)33)32-12-9-17(10-13-32)21-18-8-7-11-26-22(18)31-30-21/h5,7-8,11,14,16-17,33H,1,6,9-10,12-13,15H2,2-4H3,(H,29,34)(H,26,30,31)/t16-,25?/m1/s1. The first-order chi connectivity index (χ1) is 16.8. The highest BCUT2D eigenvalue weighted by Gasteiger charge is 2.27. The fourth-order valence-corrected chi connectivity index (χ4v) is 4.14. The molecular formula is C25H33N7O3. The third-order valence-electron chi connectivity index (χ3n) is 6.55. The number of H-pyrrole nitrogens is 1. The lowest BCUT2D eigenvalue weighted by atomic mass is 9.92. The van der Waals surface area contributed by atoms with Crippen LogP contribution in [-0.2, 0) is 0 Å². The minimum Gasteiger partial charge on any atom is -0.461 e. The molecule has 1 amide bonds. The van der Waals surface area contributed by atoms with Gasteiger partial charge in [-0.15, -0.1) is 6.58 Å². The van der Waals surface area contributed by atoms with Gasteiger partial charge < -0.3 is 20.1 Å². The van der Waals surface area contributed by atoms with E-state index in [2.05, 4.69) is 41.9 Å². The number of aliphatic hydroxyl groups excluding tert-OH is 1. The highest BCUT2D eigenvalue weighted by atomic mass is 16.5. The number of nitrogens with one attached hydrogen (secondary N) is 2. The van der Waals surface area contributed by atoms with Gasteiger partial charge in [-0.05, 0) is 45.2 Å². The number of nitrogens with zero attached hydrogens (tertiary/aromatic N) is 5.